The Kier molecular flexibility index (Phi) is 5.50. The zero-order valence-corrected chi connectivity index (χ0v) is 15.1. The van der Waals surface area contributed by atoms with Gasteiger partial charge in [-0.2, -0.15) is 0 Å². The van der Waals surface area contributed by atoms with Crippen molar-refractivity contribution in [3.8, 4) is 0 Å². The van der Waals surface area contributed by atoms with Crippen LogP contribution in [0.25, 0.3) is 0 Å². The van der Waals surface area contributed by atoms with Gasteiger partial charge in [0.1, 0.15) is 17.8 Å². The molecule has 0 aromatic carbocycles. The van der Waals surface area contributed by atoms with E-state index in [0.29, 0.717) is 37.6 Å². The smallest absolute Gasteiger partial charge is 0.289 e. The molecule has 0 bridgehead atoms. The van der Waals surface area contributed by atoms with Crippen LogP contribution in [0.4, 0.5) is 5.82 Å². The van der Waals surface area contributed by atoms with Crippen molar-refractivity contribution < 1.29 is 14.0 Å². The maximum Gasteiger partial charge on any atom is 0.289 e. The minimum atomic E-state index is -0.145. The molecule has 0 unspecified atom stereocenters. The normalized spacial score (nSPS) is 14.4. The van der Waals surface area contributed by atoms with Crippen LogP contribution in [-0.2, 0) is 0 Å². The molecule has 0 saturated carbocycles. The molecular formula is C18H23N5O3. The van der Waals surface area contributed by atoms with E-state index in [2.05, 4.69) is 14.9 Å². The van der Waals surface area contributed by atoms with E-state index in [1.807, 2.05) is 13.8 Å². The van der Waals surface area contributed by atoms with Crippen LogP contribution >= 0.6 is 0 Å². The summed E-state index contributed by atoms with van der Waals surface area (Å²) in [6.07, 6.45) is 2.91. The second-order valence-corrected chi connectivity index (χ2v) is 6.00. The van der Waals surface area contributed by atoms with Crippen molar-refractivity contribution in [1.29, 1.82) is 0 Å². The number of hydrogen-bond acceptors (Lipinski definition) is 6. The van der Waals surface area contributed by atoms with E-state index in [4.69, 9.17) is 4.42 Å². The number of rotatable bonds is 5. The molecule has 0 spiro atoms. The molecule has 1 saturated heterocycles. The summed E-state index contributed by atoms with van der Waals surface area (Å²) < 4.78 is 5.16. The summed E-state index contributed by atoms with van der Waals surface area (Å²) in [6.45, 7) is 7.60. The number of anilines is 1. The predicted octanol–water partition coefficient (Wildman–Crippen LogP) is 1.51. The molecule has 3 heterocycles. The van der Waals surface area contributed by atoms with Crippen LogP contribution in [0.3, 0.4) is 0 Å². The summed E-state index contributed by atoms with van der Waals surface area (Å²) in [4.78, 5) is 38.9. The highest BCUT2D eigenvalue weighted by Gasteiger charge is 2.27. The maximum absolute atomic E-state index is 12.8. The molecular weight excluding hydrogens is 334 g/mol. The molecule has 138 valence electrons. The Balaban J connectivity index is 1.63. The molecule has 1 aliphatic rings. The van der Waals surface area contributed by atoms with Crippen LogP contribution in [-0.4, -0.2) is 70.9 Å². The Morgan fingerprint density at radius 3 is 2.31 bits per heavy atom. The lowest BCUT2D eigenvalue weighted by atomic mass is 10.2. The van der Waals surface area contributed by atoms with Gasteiger partial charge in [-0.15, -0.1) is 0 Å². The van der Waals surface area contributed by atoms with Gasteiger partial charge >= 0.3 is 0 Å². The van der Waals surface area contributed by atoms with Crippen LogP contribution in [0.1, 0.15) is 34.9 Å². The highest BCUT2D eigenvalue weighted by Crippen LogP contribution is 2.14. The third kappa shape index (κ3) is 3.68. The molecule has 1 aliphatic heterocycles. The van der Waals surface area contributed by atoms with Gasteiger partial charge in [-0.3, -0.25) is 9.59 Å². The number of hydrogen-bond donors (Lipinski definition) is 0. The van der Waals surface area contributed by atoms with E-state index in [0.717, 1.165) is 18.9 Å². The monoisotopic (exact) mass is 357 g/mol. The van der Waals surface area contributed by atoms with Crippen LogP contribution in [0.5, 0.6) is 0 Å². The number of nitrogens with zero attached hydrogens (tertiary/aromatic N) is 5. The lowest BCUT2D eigenvalue weighted by molar-refractivity contribution is 0.0515. The Hall–Kier alpha value is -2.90. The quantitative estimate of drug-likeness (QED) is 0.807. The van der Waals surface area contributed by atoms with E-state index >= 15 is 0 Å². The fourth-order valence-corrected chi connectivity index (χ4v) is 3.02. The van der Waals surface area contributed by atoms with Crippen LogP contribution in [0.15, 0.2) is 35.2 Å². The topological polar surface area (TPSA) is 82.8 Å². The molecule has 0 atom stereocenters. The summed E-state index contributed by atoms with van der Waals surface area (Å²) in [5, 5.41) is 0. The fourth-order valence-electron chi connectivity index (χ4n) is 3.02. The third-order valence-corrected chi connectivity index (χ3v) is 4.55. The summed E-state index contributed by atoms with van der Waals surface area (Å²) in [6, 6.07) is 5.07. The lowest BCUT2D eigenvalue weighted by Crippen LogP contribution is -2.50. The van der Waals surface area contributed by atoms with Gasteiger partial charge in [-0.05, 0) is 26.0 Å². The van der Waals surface area contributed by atoms with Gasteiger partial charge in [0.2, 0.25) is 0 Å². The molecule has 0 N–H and O–H groups in total. The Labute approximate surface area is 152 Å². The van der Waals surface area contributed by atoms with Gasteiger partial charge in [0.25, 0.3) is 11.8 Å². The van der Waals surface area contributed by atoms with Crippen molar-refractivity contribution in [1.82, 2.24) is 19.8 Å². The number of piperazine rings is 1. The third-order valence-electron chi connectivity index (χ3n) is 4.55. The summed E-state index contributed by atoms with van der Waals surface area (Å²) in [7, 11) is 0. The van der Waals surface area contributed by atoms with E-state index in [1.165, 1.54) is 12.6 Å². The zero-order chi connectivity index (χ0) is 18.5. The molecule has 2 aromatic rings. The van der Waals surface area contributed by atoms with Gasteiger partial charge in [0, 0.05) is 45.3 Å². The highest BCUT2D eigenvalue weighted by atomic mass is 16.3. The van der Waals surface area contributed by atoms with Gasteiger partial charge in [-0.1, -0.05) is 0 Å². The molecule has 8 nitrogen and oxygen atoms in total. The van der Waals surface area contributed by atoms with E-state index < -0.39 is 0 Å². The molecule has 3 rings (SSSR count). The summed E-state index contributed by atoms with van der Waals surface area (Å²) in [5.74, 6) is 0.795. The summed E-state index contributed by atoms with van der Waals surface area (Å²) in [5.41, 5.74) is 0.382. The van der Waals surface area contributed by atoms with Crippen molar-refractivity contribution in [2.45, 2.75) is 13.8 Å². The van der Waals surface area contributed by atoms with E-state index in [-0.39, 0.29) is 11.8 Å². The summed E-state index contributed by atoms with van der Waals surface area (Å²) >= 11 is 0. The number of carbonyl (C=O) groups excluding carboxylic acids is 2. The second-order valence-electron chi connectivity index (χ2n) is 6.00. The molecule has 8 heteroatoms. The van der Waals surface area contributed by atoms with E-state index in [9.17, 15) is 9.59 Å². The largest absolute Gasteiger partial charge is 0.459 e. The van der Waals surface area contributed by atoms with Gasteiger partial charge in [-0.25, -0.2) is 9.97 Å². The van der Waals surface area contributed by atoms with Crippen molar-refractivity contribution >= 4 is 17.6 Å². The van der Waals surface area contributed by atoms with Crippen molar-refractivity contribution in [3.05, 3.63) is 42.2 Å². The number of amides is 2. The van der Waals surface area contributed by atoms with Crippen molar-refractivity contribution in [2.24, 2.45) is 0 Å². The molecule has 2 amide bonds. The van der Waals surface area contributed by atoms with Gasteiger partial charge in [0.05, 0.1) is 6.26 Å². The Bertz CT molecular complexity index is 750. The van der Waals surface area contributed by atoms with Crippen LogP contribution in [0, 0.1) is 0 Å². The average Bonchev–Trinajstić information content (AvgIpc) is 3.23. The first-order chi connectivity index (χ1) is 12.6. The number of aromatic nitrogens is 2. The van der Waals surface area contributed by atoms with Gasteiger partial charge in [0.15, 0.2) is 5.76 Å². The molecule has 0 aliphatic carbocycles. The predicted molar refractivity (Wildman–Crippen MR) is 96.1 cm³/mol. The van der Waals surface area contributed by atoms with Crippen molar-refractivity contribution in [2.75, 3.05) is 44.2 Å². The van der Waals surface area contributed by atoms with Gasteiger partial charge < -0.3 is 19.1 Å². The standard InChI is InChI=1S/C18H23N5O3/c1-3-21(4-2)16-12-14(19-13-20-16)17(24)22-7-9-23(10-8-22)18(25)15-6-5-11-26-15/h5-6,11-13H,3-4,7-10H2,1-2H3. The molecule has 1 fully saturated rings. The first-order valence-corrected chi connectivity index (χ1v) is 8.83. The van der Waals surface area contributed by atoms with Crippen LogP contribution in [0.2, 0.25) is 0 Å². The molecule has 26 heavy (non-hydrogen) atoms. The number of furan rings is 1. The molecule has 0 radical (unpaired) electrons. The number of carbonyl (C=O) groups is 2. The SMILES string of the molecule is CCN(CC)c1cc(C(=O)N2CCN(C(=O)c3ccco3)CC2)ncn1. The van der Waals surface area contributed by atoms with E-state index in [1.54, 1.807) is 28.0 Å². The average molecular weight is 357 g/mol. The Morgan fingerprint density at radius 2 is 1.73 bits per heavy atom. The fraction of sp³-hybridized carbons (Fsp3) is 0.444. The first-order valence-electron chi connectivity index (χ1n) is 8.83. The molecule has 2 aromatic heterocycles. The lowest BCUT2D eigenvalue weighted by Gasteiger charge is -2.34. The maximum atomic E-state index is 12.8. The Morgan fingerprint density at radius 1 is 1.08 bits per heavy atom. The minimum absolute atomic E-state index is 0.133. The minimum Gasteiger partial charge on any atom is -0.459 e. The van der Waals surface area contributed by atoms with Crippen LogP contribution < -0.4 is 4.90 Å². The second kappa shape index (κ2) is 7.99. The highest BCUT2D eigenvalue weighted by molar-refractivity contribution is 5.94. The first kappa shape index (κ1) is 17.9. The van der Waals surface area contributed by atoms with Crippen molar-refractivity contribution in [3.63, 3.8) is 0 Å². The zero-order valence-electron chi connectivity index (χ0n) is 15.1.